The van der Waals surface area contributed by atoms with E-state index in [-0.39, 0.29) is 33.4 Å². The Morgan fingerprint density at radius 3 is 2.12 bits per heavy atom. The fraction of sp³-hybridized carbons (Fsp3) is 0.200. The van der Waals surface area contributed by atoms with E-state index in [1.165, 1.54) is 0 Å². The van der Waals surface area contributed by atoms with Crippen molar-refractivity contribution >= 4 is 17.7 Å². The van der Waals surface area contributed by atoms with Crippen molar-refractivity contribution in [2.75, 3.05) is 5.73 Å². The van der Waals surface area contributed by atoms with E-state index in [4.69, 9.17) is 5.73 Å². The Morgan fingerprint density at radius 1 is 0.958 bits per heavy atom. The minimum absolute atomic E-state index is 0. The van der Waals surface area contributed by atoms with Gasteiger partial charge in [-0.05, 0) is 38.5 Å². The molecule has 128 valence electrons. The van der Waals surface area contributed by atoms with Gasteiger partial charge in [0, 0.05) is 16.8 Å². The molecule has 0 fully saturated rings. The van der Waals surface area contributed by atoms with E-state index in [9.17, 15) is 0 Å². The molecule has 0 heterocycles. The number of para-hydroxylation sites is 2. The molecule has 24 heavy (non-hydrogen) atoms. The molecule has 0 bridgehead atoms. The van der Waals surface area contributed by atoms with Gasteiger partial charge >= 0.3 is 20.4 Å². The average molecular weight is 412 g/mol. The molecule has 0 spiro atoms. The van der Waals surface area contributed by atoms with Crippen molar-refractivity contribution in [2.45, 2.75) is 26.3 Å². The molecule has 0 saturated heterocycles. The molecule has 3 N–H and O–H groups in total. The zero-order valence-corrected chi connectivity index (χ0v) is 16.0. The maximum atomic E-state index is 5.90. The summed E-state index contributed by atoms with van der Waals surface area (Å²) < 4.78 is 0. The van der Waals surface area contributed by atoms with Gasteiger partial charge in [0.05, 0.1) is 0 Å². The van der Waals surface area contributed by atoms with Crippen LogP contribution in [0.15, 0.2) is 53.5 Å². The van der Waals surface area contributed by atoms with Crippen LogP contribution >= 0.6 is 0 Å². The van der Waals surface area contributed by atoms with Gasteiger partial charge in [-0.15, -0.1) is 6.07 Å². The summed E-state index contributed by atoms with van der Waals surface area (Å²) in [5, 5.41) is 3.10. The number of hydrogen-bond acceptors (Lipinski definition) is 2. The molecule has 2 rings (SSSR count). The van der Waals surface area contributed by atoms with E-state index in [1.54, 1.807) is 0 Å². The third kappa shape index (κ3) is 7.01. The second-order valence-electron chi connectivity index (χ2n) is 5.95. The zero-order chi connectivity index (χ0) is 16.0. The van der Waals surface area contributed by atoms with Crippen molar-refractivity contribution in [3.63, 3.8) is 0 Å². The van der Waals surface area contributed by atoms with Crippen LogP contribution in [0.5, 0.6) is 0 Å². The molecule has 0 amide bonds. The normalized spacial score (nSPS) is 10.1. The van der Waals surface area contributed by atoms with Gasteiger partial charge in [-0.3, -0.25) is 0 Å². The fourth-order valence-corrected chi connectivity index (χ4v) is 1.68. The molecule has 0 atom stereocenters. The van der Waals surface area contributed by atoms with Gasteiger partial charge in [0.15, 0.2) is 0 Å². The predicted octanol–water partition coefficient (Wildman–Crippen LogP) is 4.04. The van der Waals surface area contributed by atoms with Gasteiger partial charge < -0.3 is 23.5 Å². The Hall–Kier alpha value is -2.07. The first-order valence-electron chi connectivity index (χ1n) is 7.14. The largest absolute Gasteiger partial charge is 2.00 e. The van der Waals surface area contributed by atoms with Gasteiger partial charge in [-0.2, -0.15) is 0 Å². The molecule has 3 nitrogen and oxygen atoms in total. The molecular weight excluding hydrogens is 389 g/mol. The molecule has 0 unspecified atom stereocenters. The van der Waals surface area contributed by atoms with Crippen LogP contribution in [0.4, 0.5) is 11.4 Å². The number of anilines is 1. The molecule has 0 aliphatic heterocycles. The van der Waals surface area contributed by atoms with Crippen molar-refractivity contribution in [3.05, 3.63) is 67.1 Å². The molecule has 2 aromatic rings. The molecule has 0 aliphatic carbocycles. The van der Waals surface area contributed by atoms with E-state index >= 15 is 0 Å². The number of nitrogens with zero attached hydrogens (tertiary/aromatic N) is 1. The van der Waals surface area contributed by atoms with Crippen LogP contribution in [0.25, 0.3) is 0 Å². The summed E-state index contributed by atoms with van der Waals surface area (Å²) >= 11 is 0. The molecule has 0 saturated carbocycles. The first kappa shape index (κ1) is 21.9. The summed E-state index contributed by atoms with van der Waals surface area (Å²) in [7, 11) is 0. The summed E-state index contributed by atoms with van der Waals surface area (Å²) in [4.78, 5) is 4.33. The third-order valence-electron chi connectivity index (χ3n) is 2.80. The van der Waals surface area contributed by atoms with E-state index in [0.29, 0.717) is 5.69 Å². The van der Waals surface area contributed by atoms with Crippen LogP contribution in [-0.2, 0) is 20.4 Å². The Bertz CT molecular complexity index is 734. The van der Waals surface area contributed by atoms with Crippen LogP contribution in [-0.4, -0.2) is 11.9 Å². The summed E-state index contributed by atoms with van der Waals surface area (Å²) in [6.07, 6.45) is 2.87. The molecule has 0 radical (unpaired) electrons. The Labute approximate surface area is 159 Å². The van der Waals surface area contributed by atoms with Crippen LogP contribution < -0.4 is 11.1 Å². The second kappa shape index (κ2) is 9.93. The number of benzene rings is 2. The molecular formula is C20H23N3Pd. The van der Waals surface area contributed by atoms with Gasteiger partial charge in [-0.25, -0.2) is 0 Å². The summed E-state index contributed by atoms with van der Waals surface area (Å²) in [6.45, 7) is 6.16. The third-order valence-corrected chi connectivity index (χ3v) is 2.80. The van der Waals surface area contributed by atoms with Crippen LogP contribution in [0.1, 0.15) is 31.9 Å². The Balaban J connectivity index is 0.00000264. The summed E-state index contributed by atoms with van der Waals surface area (Å²) in [6, 6.07) is 15.3. The first-order chi connectivity index (χ1) is 10.5. The molecule has 0 aliphatic rings. The van der Waals surface area contributed by atoms with Crippen molar-refractivity contribution < 1.29 is 20.4 Å². The predicted molar refractivity (Wildman–Crippen MR) is 99.7 cm³/mol. The van der Waals surface area contributed by atoms with Gasteiger partial charge in [0.25, 0.3) is 0 Å². The SMILES string of the molecule is CC(C)(C)N[C-]=Nc1ccccc1C#Cc1ccccc1N.[CH3-].[Pd+2]. The number of aliphatic imine (C=N–C) groups is 1. The minimum Gasteiger partial charge on any atom is -0.455 e. The van der Waals surface area contributed by atoms with E-state index in [2.05, 4.69) is 49.3 Å². The van der Waals surface area contributed by atoms with Crippen LogP contribution in [0, 0.1) is 19.3 Å². The number of rotatable bonds is 2. The average Bonchev–Trinajstić information content (AvgIpc) is 2.46. The number of nitrogens with one attached hydrogen (secondary N) is 1. The van der Waals surface area contributed by atoms with Crippen molar-refractivity contribution in [3.8, 4) is 11.8 Å². The second-order valence-corrected chi connectivity index (χ2v) is 5.95. The van der Waals surface area contributed by atoms with Gasteiger partial charge in [0.1, 0.15) is 0 Å². The first-order valence-corrected chi connectivity index (χ1v) is 7.14. The molecule has 4 heteroatoms. The monoisotopic (exact) mass is 411 g/mol. The minimum atomic E-state index is -0.0669. The summed E-state index contributed by atoms with van der Waals surface area (Å²) in [5.41, 5.74) is 8.95. The van der Waals surface area contributed by atoms with Gasteiger partial charge in [-0.1, -0.05) is 54.2 Å². The van der Waals surface area contributed by atoms with Gasteiger partial charge in [0.2, 0.25) is 0 Å². The van der Waals surface area contributed by atoms with E-state index < -0.39 is 0 Å². The standard InChI is InChI=1S/C19H20N3.CH3.Pd/c1-19(2,3)22-14-21-18-11-7-5-9-16(18)13-12-15-8-4-6-10-17(15)20;;/h4-11H,20H2,1-3H3,(H,21,22);1H3;/q2*-1;+2. The fourth-order valence-electron chi connectivity index (χ4n) is 1.68. The smallest absolute Gasteiger partial charge is 0.455 e. The molecule has 2 aromatic carbocycles. The van der Waals surface area contributed by atoms with Crippen LogP contribution in [0.3, 0.4) is 0 Å². The summed E-state index contributed by atoms with van der Waals surface area (Å²) in [5.74, 6) is 6.22. The topological polar surface area (TPSA) is 50.4 Å². The maximum Gasteiger partial charge on any atom is 2.00 e. The zero-order valence-electron chi connectivity index (χ0n) is 14.5. The number of hydrogen-bond donors (Lipinski definition) is 2. The maximum absolute atomic E-state index is 5.90. The van der Waals surface area contributed by atoms with Crippen molar-refractivity contribution in [2.24, 2.45) is 4.99 Å². The van der Waals surface area contributed by atoms with Crippen molar-refractivity contribution in [1.29, 1.82) is 0 Å². The Morgan fingerprint density at radius 2 is 1.50 bits per heavy atom. The van der Waals surface area contributed by atoms with E-state index in [1.807, 2.05) is 48.5 Å². The quantitative estimate of drug-likeness (QED) is 0.149. The van der Waals surface area contributed by atoms with E-state index in [0.717, 1.165) is 16.8 Å². The number of nitrogen functional groups attached to an aromatic ring is 1. The Kier molecular flexibility index (Phi) is 9.08. The van der Waals surface area contributed by atoms with Crippen LogP contribution in [0.2, 0.25) is 0 Å². The molecule has 0 aromatic heterocycles. The number of nitrogens with two attached hydrogens (primary N) is 1. The van der Waals surface area contributed by atoms with Crippen molar-refractivity contribution in [1.82, 2.24) is 5.32 Å².